The Kier molecular flexibility index (Phi) is 7.69. The maximum Gasteiger partial charge on any atom is 0.185 e. The molecule has 0 saturated heterocycles. The maximum atomic E-state index is 5.70. The van der Waals surface area contributed by atoms with E-state index < -0.39 is 0 Å². The van der Waals surface area contributed by atoms with Crippen molar-refractivity contribution in [3.63, 3.8) is 0 Å². The molecule has 0 aromatic heterocycles. The van der Waals surface area contributed by atoms with Crippen LogP contribution in [0.2, 0.25) is 0 Å². The van der Waals surface area contributed by atoms with E-state index in [0.717, 1.165) is 23.3 Å². The van der Waals surface area contributed by atoms with Crippen molar-refractivity contribution in [1.82, 2.24) is 0 Å². The molecule has 5 heteroatoms. The van der Waals surface area contributed by atoms with Crippen molar-refractivity contribution in [1.29, 1.82) is 0 Å². The van der Waals surface area contributed by atoms with Crippen LogP contribution in [0, 0.1) is 13.8 Å². The molecule has 0 fully saturated rings. The molecule has 0 heterocycles. The van der Waals surface area contributed by atoms with Crippen molar-refractivity contribution in [2.24, 2.45) is 16.5 Å². The van der Waals surface area contributed by atoms with E-state index >= 15 is 0 Å². The number of aryl methyl sites for hydroxylation is 2. The van der Waals surface area contributed by atoms with E-state index in [2.05, 4.69) is 4.99 Å². The van der Waals surface area contributed by atoms with E-state index in [1.807, 2.05) is 32.0 Å². The van der Waals surface area contributed by atoms with Crippen LogP contribution in [0.4, 0.5) is 0 Å². The first-order valence-electron chi connectivity index (χ1n) is 5.35. The second kappa shape index (κ2) is 8.16. The fourth-order valence-electron chi connectivity index (χ4n) is 1.47. The molecule has 0 aliphatic rings. The van der Waals surface area contributed by atoms with Crippen molar-refractivity contribution < 1.29 is 4.74 Å². The third-order valence-corrected chi connectivity index (χ3v) is 2.25. The summed E-state index contributed by atoms with van der Waals surface area (Å²) < 4.78 is 5.70. The fourth-order valence-corrected chi connectivity index (χ4v) is 1.47. The number of para-hydroxylation sites is 1. The van der Waals surface area contributed by atoms with E-state index in [4.69, 9.17) is 16.2 Å². The summed E-state index contributed by atoms with van der Waals surface area (Å²) in [4.78, 5) is 3.89. The number of rotatable bonds is 5. The van der Waals surface area contributed by atoms with Gasteiger partial charge in [-0.05, 0) is 25.0 Å². The molecule has 0 spiro atoms. The summed E-state index contributed by atoms with van der Waals surface area (Å²) in [6, 6.07) is 6.10. The normalized spacial score (nSPS) is 9.29. The molecule has 0 unspecified atom stereocenters. The minimum absolute atomic E-state index is 0. The van der Waals surface area contributed by atoms with Crippen LogP contribution in [-0.2, 0) is 0 Å². The van der Waals surface area contributed by atoms with Crippen molar-refractivity contribution in [3.8, 4) is 5.75 Å². The Hall–Kier alpha value is -0.980. The molecule has 1 aromatic carbocycles. The fraction of sp³-hybridized carbons (Fsp3) is 0.417. The lowest BCUT2D eigenvalue weighted by molar-refractivity contribution is 0.309. The highest BCUT2D eigenvalue weighted by molar-refractivity contribution is 14.0. The Labute approximate surface area is 119 Å². The van der Waals surface area contributed by atoms with Gasteiger partial charge in [0.05, 0.1) is 6.61 Å². The topological polar surface area (TPSA) is 73.6 Å². The molecule has 0 saturated carbocycles. The van der Waals surface area contributed by atoms with Crippen LogP contribution >= 0.6 is 24.0 Å². The zero-order chi connectivity index (χ0) is 12.0. The van der Waals surface area contributed by atoms with Gasteiger partial charge in [-0.1, -0.05) is 18.2 Å². The minimum Gasteiger partial charge on any atom is -0.493 e. The number of halogens is 1. The number of benzene rings is 1. The number of hydrogen-bond acceptors (Lipinski definition) is 2. The molecule has 96 valence electrons. The van der Waals surface area contributed by atoms with Crippen molar-refractivity contribution in [2.45, 2.75) is 20.3 Å². The Morgan fingerprint density at radius 2 is 1.82 bits per heavy atom. The summed E-state index contributed by atoms with van der Waals surface area (Å²) in [6.07, 6.45) is 0.811. The van der Waals surface area contributed by atoms with Crippen LogP contribution in [-0.4, -0.2) is 19.1 Å². The zero-order valence-corrected chi connectivity index (χ0v) is 12.6. The quantitative estimate of drug-likeness (QED) is 0.369. The van der Waals surface area contributed by atoms with Crippen molar-refractivity contribution in [2.75, 3.05) is 13.2 Å². The summed E-state index contributed by atoms with van der Waals surface area (Å²) in [5, 5.41) is 0. The van der Waals surface area contributed by atoms with Crippen molar-refractivity contribution in [3.05, 3.63) is 29.3 Å². The SMILES string of the molecule is Cc1cccc(C)c1OCCCN=C(N)N.I. The third kappa shape index (κ3) is 5.76. The standard InChI is InChI=1S/C12H19N3O.HI/c1-9-5-3-6-10(2)11(9)16-8-4-7-15-12(13)14;/h3,5-6H,4,7-8H2,1-2H3,(H4,13,14,15);1H. The van der Waals surface area contributed by atoms with Crippen LogP contribution < -0.4 is 16.2 Å². The highest BCUT2D eigenvalue weighted by atomic mass is 127. The molecule has 17 heavy (non-hydrogen) atoms. The Morgan fingerprint density at radius 3 is 2.35 bits per heavy atom. The second-order valence-corrected chi connectivity index (χ2v) is 3.73. The third-order valence-electron chi connectivity index (χ3n) is 2.25. The van der Waals surface area contributed by atoms with Gasteiger partial charge in [-0.25, -0.2) is 0 Å². The molecule has 4 nitrogen and oxygen atoms in total. The predicted octanol–water partition coefficient (Wildman–Crippen LogP) is 1.96. The van der Waals surface area contributed by atoms with Crippen LogP contribution in [0.3, 0.4) is 0 Å². The molecule has 0 amide bonds. The lowest BCUT2D eigenvalue weighted by Gasteiger charge is -2.11. The highest BCUT2D eigenvalue weighted by Crippen LogP contribution is 2.22. The zero-order valence-electron chi connectivity index (χ0n) is 10.3. The van der Waals surface area contributed by atoms with E-state index in [9.17, 15) is 0 Å². The van der Waals surface area contributed by atoms with E-state index in [1.165, 1.54) is 0 Å². The van der Waals surface area contributed by atoms with Crippen LogP contribution in [0.5, 0.6) is 5.75 Å². The van der Waals surface area contributed by atoms with Gasteiger partial charge in [0.15, 0.2) is 5.96 Å². The van der Waals surface area contributed by atoms with Gasteiger partial charge in [0, 0.05) is 13.0 Å². The van der Waals surface area contributed by atoms with Crippen LogP contribution in [0.15, 0.2) is 23.2 Å². The Bertz CT molecular complexity index is 356. The first-order valence-corrected chi connectivity index (χ1v) is 5.35. The minimum atomic E-state index is 0. The lowest BCUT2D eigenvalue weighted by Crippen LogP contribution is -2.23. The van der Waals surface area contributed by atoms with Crippen LogP contribution in [0.25, 0.3) is 0 Å². The number of guanidine groups is 1. The molecular weight excluding hydrogens is 329 g/mol. The Morgan fingerprint density at radius 1 is 1.24 bits per heavy atom. The summed E-state index contributed by atoms with van der Waals surface area (Å²) in [6.45, 7) is 5.31. The average molecular weight is 349 g/mol. The largest absolute Gasteiger partial charge is 0.493 e. The van der Waals surface area contributed by atoms with Gasteiger partial charge in [-0.2, -0.15) is 0 Å². The summed E-state index contributed by atoms with van der Waals surface area (Å²) in [7, 11) is 0. The number of nitrogens with two attached hydrogens (primary N) is 2. The maximum absolute atomic E-state index is 5.70. The summed E-state index contributed by atoms with van der Waals surface area (Å²) in [5.41, 5.74) is 12.8. The first kappa shape index (κ1) is 16.0. The average Bonchev–Trinajstić information content (AvgIpc) is 2.21. The highest BCUT2D eigenvalue weighted by Gasteiger charge is 2.01. The number of nitrogens with zero attached hydrogens (tertiary/aromatic N) is 1. The lowest BCUT2D eigenvalue weighted by atomic mass is 10.1. The van der Waals surface area contributed by atoms with Gasteiger partial charge >= 0.3 is 0 Å². The van der Waals surface area contributed by atoms with Gasteiger partial charge in [-0.15, -0.1) is 24.0 Å². The number of hydrogen-bond donors (Lipinski definition) is 2. The molecule has 0 aliphatic heterocycles. The molecule has 0 radical (unpaired) electrons. The molecular formula is C12H20IN3O. The molecule has 0 bridgehead atoms. The van der Waals surface area contributed by atoms with Gasteiger partial charge in [0.2, 0.25) is 0 Å². The predicted molar refractivity (Wildman–Crippen MR) is 82.1 cm³/mol. The van der Waals surface area contributed by atoms with Gasteiger partial charge < -0.3 is 16.2 Å². The molecule has 0 atom stereocenters. The molecule has 0 aliphatic carbocycles. The van der Waals surface area contributed by atoms with Gasteiger partial charge in [-0.3, -0.25) is 4.99 Å². The van der Waals surface area contributed by atoms with Crippen molar-refractivity contribution >= 4 is 29.9 Å². The number of ether oxygens (including phenoxy) is 1. The summed E-state index contributed by atoms with van der Waals surface area (Å²) in [5.74, 6) is 1.10. The molecule has 4 N–H and O–H groups in total. The van der Waals surface area contributed by atoms with Gasteiger partial charge in [0.1, 0.15) is 5.75 Å². The van der Waals surface area contributed by atoms with Gasteiger partial charge in [0.25, 0.3) is 0 Å². The van der Waals surface area contributed by atoms with Crippen LogP contribution in [0.1, 0.15) is 17.5 Å². The molecule has 1 rings (SSSR count). The smallest absolute Gasteiger partial charge is 0.185 e. The van der Waals surface area contributed by atoms with E-state index in [0.29, 0.717) is 13.2 Å². The van der Waals surface area contributed by atoms with E-state index in [-0.39, 0.29) is 29.9 Å². The Balaban J connectivity index is 0.00000256. The molecule has 1 aromatic rings. The monoisotopic (exact) mass is 349 g/mol. The number of aliphatic imine (C=N–C) groups is 1. The first-order chi connectivity index (χ1) is 7.61. The summed E-state index contributed by atoms with van der Waals surface area (Å²) >= 11 is 0. The second-order valence-electron chi connectivity index (χ2n) is 3.73. The van der Waals surface area contributed by atoms with E-state index in [1.54, 1.807) is 0 Å².